The van der Waals surface area contributed by atoms with Crippen LogP contribution in [0.25, 0.3) is 0 Å². The largest absolute Gasteiger partial charge is 0.514 e. The van der Waals surface area contributed by atoms with E-state index in [2.05, 4.69) is 0 Å². The summed E-state index contributed by atoms with van der Waals surface area (Å²) >= 11 is 0. The van der Waals surface area contributed by atoms with Gasteiger partial charge in [0.15, 0.2) is 0 Å². The summed E-state index contributed by atoms with van der Waals surface area (Å²) < 4.78 is 10.4. The van der Waals surface area contributed by atoms with Crippen LogP contribution in [0.2, 0.25) is 0 Å². The van der Waals surface area contributed by atoms with Crippen molar-refractivity contribution in [3.05, 3.63) is 30.3 Å². The highest BCUT2D eigenvalue weighted by molar-refractivity contribution is 5.64. The highest BCUT2D eigenvalue weighted by atomic mass is 16.7. The number of carbonyl (C=O) groups is 1. The summed E-state index contributed by atoms with van der Waals surface area (Å²) in [5, 5.41) is 0. The minimum Gasteiger partial charge on any atom is -0.428 e. The van der Waals surface area contributed by atoms with Gasteiger partial charge in [-0.2, -0.15) is 0 Å². The van der Waals surface area contributed by atoms with Crippen molar-refractivity contribution < 1.29 is 14.3 Å². The van der Waals surface area contributed by atoms with Gasteiger partial charge in [-0.05, 0) is 44.7 Å². The van der Waals surface area contributed by atoms with E-state index in [4.69, 9.17) is 9.47 Å². The van der Waals surface area contributed by atoms with E-state index in [1.54, 1.807) is 12.1 Å². The lowest BCUT2D eigenvalue weighted by Crippen LogP contribution is -2.29. The predicted octanol–water partition coefficient (Wildman–Crippen LogP) is 3.53. The molecule has 1 fully saturated rings. The van der Waals surface area contributed by atoms with Crippen LogP contribution in [-0.2, 0) is 4.74 Å². The molecule has 86 valence electrons. The van der Waals surface area contributed by atoms with E-state index >= 15 is 0 Å². The Morgan fingerprint density at radius 3 is 2.44 bits per heavy atom. The molecule has 0 N–H and O–H groups in total. The third-order valence-electron chi connectivity index (χ3n) is 2.94. The molecule has 16 heavy (non-hydrogen) atoms. The number of rotatable bonds is 2. The highest BCUT2D eigenvalue weighted by Gasteiger charge is 2.33. The van der Waals surface area contributed by atoms with Crippen molar-refractivity contribution in [2.75, 3.05) is 0 Å². The Kier molecular flexibility index (Phi) is 3.13. The molecule has 0 bridgehead atoms. The Bertz CT molecular complexity index is 353. The molecule has 3 nitrogen and oxygen atoms in total. The topological polar surface area (TPSA) is 35.5 Å². The fourth-order valence-electron chi connectivity index (χ4n) is 2.03. The molecule has 1 aliphatic carbocycles. The summed E-state index contributed by atoms with van der Waals surface area (Å²) in [6.45, 7) is 1.96. The maximum Gasteiger partial charge on any atom is 0.514 e. The van der Waals surface area contributed by atoms with Gasteiger partial charge in [0.05, 0.1) is 0 Å². The zero-order valence-corrected chi connectivity index (χ0v) is 9.44. The quantitative estimate of drug-likeness (QED) is 0.565. The minimum absolute atomic E-state index is 0.328. The summed E-state index contributed by atoms with van der Waals surface area (Å²) in [6, 6.07) is 8.98. The van der Waals surface area contributed by atoms with Crippen LogP contribution < -0.4 is 4.74 Å². The molecule has 0 amide bonds. The van der Waals surface area contributed by atoms with E-state index in [9.17, 15) is 4.79 Å². The molecular weight excluding hydrogens is 204 g/mol. The van der Waals surface area contributed by atoms with Crippen LogP contribution in [0.1, 0.15) is 32.6 Å². The fraction of sp³-hybridized carbons (Fsp3) is 0.462. The Morgan fingerprint density at radius 2 is 1.81 bits per heavy atom. The van der Waals surface area contributed by atoms with E-state index in [0.717, 1.165) is 25.7 Å². The lowest BCUT2D eigenvalue weighted by atomic mass is 10.1. The molecule has 0 aromatic heterocycles. The maximum absolute atomic E-state index is 11.5. The second-order valence-corrected chi connectivity index (χ2v) is 4.42. The first-order chi connectivity index (χ1) is 7.68. The summed E-state index contributed by atoms with van der Waals surface area (Å²) in [7, 11) is 0. The number of ether oxygens (including phenoxy) is 2. The molecule has 3 heteroatoms. The molecule has 1 aliphatic rings. The summed E-state index contributed by atoms with van der Waals surface area (Å²) in [5.41, 5.74) is -0.328. The fourth-order valence-corrected chi connectivity index (χ4v) is 2.03. The van der Waals surface area contributed by atoms with Crippen LogP contribution in [0.3, 0.4) is 0 Å². The molecule has 1 saturated carbocycles. The van der Waals surface area contributed by atoms with Gasteiger partial charge in [0, 0.05) is 0 Å². The maximum atomic E-state index is 11.5. The molecule has 0 aliphatic heterocycles. The molecule has 0 atom stereocenters. The van der Waals surface area contributed by atoms with Gasteiger partial charge in [0.1, 0.15) is 11.4 Å². The Balaban J connectivity index is 1.89. The van der Waals surface area contributed by atoms with Crippen molar-refractivity contribution >= 4 is 6.16 Å². The van der Waals surface area contributed by atoms with Crippen molar-refractivity contribution in [3.8, 4) is 5.75 Å². The van der Waals surface area contributed by atoms with Gasteiger partial charge in [-0.3, -0.25) is 0 Å². The molecule has 2 rings (SSSR count). The smallest absolute Gasteiger partial charge is 0.428 e. The second kappa shape index (κ2) is 4.56. The van der Waals surface area contributed by atoms with Crippen molar-refractivity contribution in [1.82, 2.24) is 0 Å². The van der Waals surface area contributed by atoms with E-state index in [1.807, 2.05) is 25.1 Å². The molecule has 0 radical (unpaired) electrons. The summed E-state index contributed by atoms with van der Waals surface area (Å²) in [6.07, 6.45) is 3.49. The van der Waals surface area contributed by atoms with Gasteiger partial charge < -0.3 is 9.47 Å². The first-order valence-corrected chi connectivity index (χ1v) is 5.64. The molecule has 0 unspecified atom stereocenters. The Labute approximate surface area is 95.4 Å². The number of hydrogen-bond acceptors (Lipinski definition) is 3. The lowest BCUT2D eigenvalue weighted by molar-refractivity contribution is 0.00207. The van der Waals surface area contributed by atoms with Gasteiger partial charge in [-0.15, -0.1) is 0 Å². The average Bonchev–Trinajstić information content (AvgIpc) is 2.66. The van der Waals surface area contributed by atoms with Crippen LogP contribution in [0, 0.1) is 0 Å². The van der Waals surface area contributed by atoms with Gasteiger partial charge in [0.2, 0.25) is 0 Å². The summed E-state index contributed by atoms with van der Waals surface area (Å²) in [4.78, 5) is 11.5. The first-order valence-electron chi connectivity index (χ1n) is 5.64. The van der Waals surface area contributed by atoms with E-state index in [0.29, 0.717) is 5.75 Å². The number of para-hydroxylation sites is 1. The molecular formula is C13H16O3. The zero-order valence-electron chi connectivity index (χ0n) is 9.44. The normalized spacial score (nSPS) is 18.1. The van der Waals surface area contributed by atoms with Crippen molar-refractivity contribution in [1.29, 1.82) is 0 Å². The van der Waals surface area contributed by atoms with Gasteiger partial charge in [0.25, 0.3) is 0 Å². The van der Waals surface area contributed by atoms with E-state index < -0.39 is 6.16 Å². The number of hydrogen-bond donors (Lipinski definition) is 0. The monoisotopic (exact) mass is 220 g/mol. The SMILES string of the molecule is CC1(OC(=O)Oc2ccccc2)CCCC1. The third kappa shape index (κ3) is 2.75. The van der Waals surface area contributed by atoms with Gasteiger partial charge in [-0.1, -0.05) is 18.2 Å². The summed E-state index contributed by atoms with van der Waals surface area (Å²) in [5.74, 6) is 0.522. The lowest BCUT2D eigenvalue weighted by Gasteiger charge is -2.23. The Morgan fingerprint density at radius 1 is 1.19 bits per heavy atom. The number of carbonyl (C=O) groups excluding carboxylic acids is 1. The molecule has 0 heterocycles. The van der Waals surface area contributed by atoms with Crippen LogP contribution >= 0.6 is 0 Å². The van der Waals surface area contributed by atoms with Crippen LogP contribution in [0.4, 0.5) is 4.79 Å². The number of benzene rings is 1. The van der Waals surface area contributed by atoms with E-state index in [1.165, 1.54) is 0 Å². The minimum atomic E-state index is -0.601. The van der Waals surface area contributed by atoms with Gasteiger partial charge in [-0.25, -0.2) is 4.79 Å². The van der Waals surface area contributed by atoms with Crippen molar-refractivity contribution in [2.24, 2.45) is 0 Å². The highest BCUT2D eigenvalue weighted by Crippen LogP contribution is 2.32. The molecule has 0 saturated heterocycles. The first kappa shape index (κ1) is 11.0. The average molecular weight is 220 g/mol. The van der Waals surface area contributed by atoms with Gasteiger partial charge >= 0.3 is 6.16 Å². The standard InChI is InChI=1S/C13H16O3/c1-13(9-5-6-10-13)16-12(14)15-11-7-3-2-4-8-11/h2-4,7-8H,5-6,9-10H2,1H3. The third-order valence-corrected chi connectivity index (χ3v) is 2.94. The Hall–Kier alpha value is -1.51. The van der Waals surface area contributed by atoms with Crippen molar-refractivity contribution in [2.45, 2.75) is 38.2 Å². The molecule has 1 aromatic rings. The molecule has 0 spiro atoms. The van der Waals surface area contributed by atoms with E-state index in [-0.39, 0.29) is 5.60 Å². The van der Waals surface area contributed by atoms with Crippen LogP contribution in [0.15, 0.2) is 30.3 Å². The zero-order chi connectivity index (χ0) is 11.4. The second-order valence-electron chi connectivity index (χ2n) is 4.42. The van der Waals surface area contributed by atoms with Crippen molar-refractivity contribution in [3.63, 3.8) is 0 Å². The molecule has 1 aromatic carbocycles. The van der Waals surface area contributed by atoms with Crippen LogP contribution in [-0.4, -0.2) is 11.8 Å². The predicted molar refractivity (Wildman–Crippen MR) is 60.4 cm³/mol. The van der Waals surface area contributed by atoms with Crippen LogP contribution in [0.5, 0.6) is 5.75 Å².